The van der Waals surface area contributed by atoms with Gasteiger partial charge in [-0.1, -0.05) is 0 Å². The van der Waals surface area contributed by atoms with E-state index >= 15 is 0 Å². The number of thiocarbonyl (C=S) groups is 1. The van der Waals surface area contributed by atoms with Gasteiger partial charge in [0.2, 0.25) is 12.7 Å². The first-order valence-corrected chi connectivity index (χ1v) is 10.7. The third-order valence-corrected chi connectivity index (χ3v) is 5.69. The lowest BCUT2D eigenvalue weighted by Crippen LogP contribution is -2.46. The Hall–Kier alpha value is -1.67. The van der Waals surface area contributed by atoms with Crippen molar-refractivity contribution in [3.05, 3.63) is 18.2 Å². The van der Waals surface area contributed by atoms with Crippen molar-refractivity contribution >= 4 is 40.7 Å². The zero-order valence-electron chi connectivity index (χ0n) is 15.0. The molecule has 1 aromatic carbocycles. The summed E-state index contributed by atoms with van der Waals surface area (Å²) in [6.45, 7) is 2.77. The van der Waals surface area contributed by atoms with Crippen LogP contribution in [0.1, 0.15) is 19.3 Å². The molecule has 8 heteroatoms. The molecule has 0 bridgehead atoms. The molecule has 0 atom stereocenters. The average molecular weight is 396 g/mol. The number of hydrogen-bond donors (Lipinski definition) is 2. The van der Waals surface area contributed by atoms with Gasteiger partial charge >= 0.3 is 0 Å². The number of ether oxygens (including phenoxy) is 2. The Morgan fingerprint density at radius 1 is 1.31 bits per heavy atom. The molecule has 2 aliphatic heterocycles. The summed E-state index contributed by atoms with van der Waals surface area (Å²) in [5.41, 5.74) is 0.743. The van der Waals surface area contributed by atoms with Gasteiger partial charge in [-0.3, -0.25) is 4.79 Å². The van der Waals surface area contributed by atoms with E-state index in [1.54, 1.807) is 0 Å². The normalized spacial score (nSPS) is 16.4. The fourth-order valence-electron chi connectivity index (χ4n) is 3.09. The van der Waals surface area contributed by atoms with Crippen LogP contribution in [-0.4, -0.2) is 54.4 Å². The molecule has 3 rings (SSSR count). The average Bonchev–Trinajstić information content (AvgIpc) is 3.13. The molecule has 1 amide bonds. The molecule has 2 N–H and O–H groups in total. The van der Waals surface area contributed by atoms with Gasteiger partial charge in [-0.25, -0.2) is 0 Å². The molecule has 0 radical (unpaired) electrons. The van der Waals surface area contributed by atoms with Crippen LogP contribution < -0.4 is 20.1 Å². The number of rotatable bonds is 6. The minimum atomic E-state index is 0.0102. The van der Waals surface area contributed by atoms with Crippen molar-refractivity contribution in [2.75, 3.05) is 43.8 Å². The number of carbonyl (C=O) groups excluding carboxylic acids is 1. The van der Waals surface area contributed by atoms with Gasteiger partial charge in [-0.05, 0) is 55.6 Å². The fraction of sp³-hybridized carbons (Fsp3) is 0.556. The van der Waals surface area contributed by atoms with Gasteiger partial charge in [0.15, 0.2) is 16.6 Å². The molecule has 1 saturated heterocycles. The number of hydrogen-bond acceptors (Lipinski definition) is 5. The predicted molar refractivity (Wildman–Crippen MR) is 109 cm³/mol. The SMILES string of the molecule is CSCCCNC(=S)N1CCC(C(=O)Nc2ccc3c(c2)OCO3)CC1. The minimum absolute atomic E-state index is 0.0102. The molecule has 0 spiro atoms. The zero-order chi connectivity index (χ0) is 18.4. The van der Waals surface area contributed by atoms with Crippen LogP contribution in [0.15, 0.2) is 18.2 Å². The Kier molecular flexibility index (Phi) is 6.85. The Morgan fingerprint density at radius 2 is 2.08 bits per heavy atom. The Morgan fingerprint density at radius 3 is 2.85 bits per heavy atom. The van der Waals surface area contributed by atoms with E-state index in [1.165, 1.54) is 0 Å². The maximum atomic E-state index is 12.5. The van der Waals surface area contributed by atoms with Crippen molar-refractivity contribution < 1.29 is 14.3 Å². The highest BCUT2D eigenvalue weighted by Gasteiger charge is 2.26. The molecule has 6 nitrogen and oxygen atoms in total. The second-order valence-electron chi connectivity index (χ2n) is 6.40. The first-order valence-electron chi connectivity index (χ1n) is 8.89. The monoisotopic (exact) mass is 395 g/mol. The number of thioether (sulfide) groups is 1. The minimum Gasteiger partial charge on any atom is -0.454 e. The van der Waals surface area contributed by atoms with Crippen LogP contribution in [0.2, 0.25) is 0 Å². The molecule has 2 heterocycles. The number of piperidine rings is 1. The number of nitrogens with zero attached hydrogens (tertiary/aromatic N) is 1. The summed E-state index contributed by atoms with van der Waals surface area (Å²) in [5.74, 6) is 2.60. The van der Waals surface area contributed by atoms with E-state index in [1.807, 2.05) is 30.0 Å². The van der Waals surface area contributed by atoms with Crippen molar-refractivity contribution in [3.8, 4) is 11.5 Å². The van der Waals surface area contributed by atoms with Gasteiger partial charge in [0, 0.05) is 37.3 Å². The summed E-state index contributed by atoms with van der Waals surface area (Å²) in [6, 6.07) is 5.47. The zero-order valence-corrected chi connectivity index (χ0v) is 16.6. The second kappa shape index (κ2) is 9.32. The van der Waals surface area contributed by atoms with Gasteiger partial charge in [0.25, 0.3) is 0 Å². The highest BCUT2D eigenvalue weighted by Crippen LogP contribution is 2.34. The van der Waals surface area contributed by atoms with E-state index in [9.17, 15) is 4.79 Å². The van der Waals surface area contributed by atoms with Crippen LogP contribution in [0, 0.1) is 5.92 Å². The fourth-order valence-corrected chi connectivity index (χ4v) is 3.80. The van der Waals surface area contributed by atoms with Crippen LogP contribution >= 0.6 is 24.0 Å². The van der Waals surface area contributed by atoms with E-state index < -0.39 is 0 Å². The molecular weight excluding hydrogens is 370 g/mol. The molecule has 1 aromatic rings. The predicted octanol–water partition coefficient (Wildman–Crippen LogP) is 2.69. The van der Waals surface area contributed by atoms with Gasteiger partial charge < -0.3 is 25.0 Å². The van der Waals surface area contributed by atoms with Crippen LogP contribution in [0.4, 0.5) is 5.69 Å². The third kappa shape index (κ3) is 4.94. The van der Waals surface area contributed by atoms with Gasteiger partial charge in [0.1, 0.15) is 0 Å². The smallest absolute Gasteiger partial charge is 0.231 e. The van der Waals surface area contributed by atoms with Crippen molar-refractivity contribution in [3.63, 3.8) is 0 Å². The van der Waals surface area contributed by atoms with Gasteiger partial charge in [-0.15, -0.1) is 0 Å². The van der Waals surface area contributed by atoms with Gasteiger partial charge in [-0.2, -0.15) is 11.8 Å². The van der Waals surface area contributed by atoms with Crippen LogP contribution in [0.25, 0.3) is 0 Å². The highest BCUT2D eigenvalue weighted by atomic mass is 32.2. The Bertz CT molecular complexity index is 649. The topological polar surface area (TPSA) is 62.8 Å². The summed E-state index contributed by atoms with van der Waals surface area (Å²) in [6.07, 6.45) is 4.83. The molecule has 0 aliphatic carbocycles. The molecule has 0 unspecified atom stereocenters. The maximum absolute atomic E-state index is 12.5. The largest absolute Gasteiger partial charge is 0.454 e. The van der Waals surface area contributed by atoms with E-state index in [0.29, 0.717) is 5.75 Å². The number of amides is 1. The molecule has 142 valence electrons. The number of nitrogens with one attached hydrogen (secondary N) is 2. The lowest BCUT2D eigenvalue weighted by atomic mass is 9.96. The summed E-state index contributed by atoms with van der Waals surface area (Å²) < 4.78 is 10.6. The van der Waals surface area contributed by atoms with Crippen LogP contribution in [-0.2, 0) is 4.79 Å². The first kappa shape index (κ1) is 19.1. The number of likely N-dealkylation sites (tertiary alicyclic amines) is 1. The highest BCUT2D eigenvalue weighted by molar-refractivity contribution is 7.98. The second-order valence-corrected chi connectivity index (χ2v) is 7.77. The van der Waals surface area contributed by atoms with Crippen molar-refractivity contribution in [2.24, 2.45) is 5.92 Å². The first-order chi connectivity index (χ1) is 12.7. The van der Waals surface area contributed by atoms with E-state index in [-0.39, 0.29) is 18.6 Å². The molecular formula is C18H25N3O3S2. The Balaban J connectivity index is 1.42. The number of carbonyl (C=O) groups is 1. The van der Waals surface area contributed by atoms with Crippen LogP contribution in [0.3, 0.4) is 0 Å². The van der Waals surface area contributed by atoms with E-state index in [4.69, 9.17) is 21.7 Å². The lowest BCUT2D eigenvalue weighted by Gasteiger charge is -2.33. The van der Waals surface area contributed by atoms with Crippen molar-refractivity contribution in [1.82, 2.24) is 10.2 Å². The number of benzene rings is 1. The lowest BCUT2D eigenvalue weighted by molar-refractivity contribution is -0.120. The van der Waals surface area contributed by atoms with Gasteiger partial charge in [0.05, 0.1) is 0 Å². The number of anilines is 1. The molecule has 2 aliphatic rings. The van der Waals surface area contributed by atoms with Crippen molar-refractivity contribution in [2.45, 2.75) is 19.3 Å². The van der Waals surface area contributed by atoms with Crippen molar-refractivity contribution in [1.29, 1.82) is 0 Å². The summed E-state index contributed by atoms with van der Waals surface area (Å²) in [5, 5.41) is 7.11. The molecule has 0 aromatic heterocycles. The van der Waals surface area contributed by atoms with Crippen LogP contribution in [0.5, 0.6) is 11.5 Å². The third-order valence-electron chi connectivity index (χ3n) is 4.59. The standard InChI is InChI=1S/C18H25N3O3S2/c1-26-10-2-7-19-18(25)21-8-5-13(6-9-21)17(22)20-14-3-4-15-16(11-14)24-12-23-15/h3-4,11,13H,2,5-10,12H2,1H3,(H,19,25)(H,20,22). The summed E-state index contributed by atoms with van der Waals surface area (Å²) in [7, 11) is 0. The van der Waals surface area contributed by atoms with E-state index in [2.05, 4.69) is 21.8 Å². The maximum Gasteiger partial charge on any atom is 0.231 e. The molecule has 1 fully saturated rings. The quantitative estimate of drug-likeness (QED) is 0.567. The number of fused-ring (bicyclic) bond motifs is 1. The summed E-state index contributed by atoms with van der Waals surface area (Å²) >= 11 is 7.30. The van der Waals surface area contributed by atoms with E-state index in [0.717, 1.165) is 61.2 Å². The molecule has 0 saturated carbocycles. The summed E-state index contributed by atoms with van der Waals surface area (Å²) in [4.78, 5) is 14.7. The molecule has 26 heavy (non-hydrogen) atoms. The Labute approximate surface area is 164 Å².